The normalized spacial score (nSPS) is 8.38. The van der Waals surface area contributed by atoms with E-state index in [0.29, 0.717) is 5.06 Å². The standard InChI is InChI=1S/C3H9N3O2/c1-4-5-3(7)6(2)8/h4,8H,1-2H3,(H,5,7). The van der Waals surface area contributed by atoms with E-state index in [1.165, 1.54) is 14.1 Å². The van der Waals surface area contributed by atoms with Gasteiger partial charge in [0.1, 0.15) is 0 Å². The van der Waals surface area contributed by atoms with Crippen LogP contribution in [0.5, 0.6) is 0 Å². The van der Waals surface area contributed by atoms with E-state index >= 15 is 0 Å². The number of hydroxylamine groups is 2. The topological polar surface area (TPSA) is 64.6 Å². The molecule has 0 aliphatic carbocycles. The Morgan fingerprint density at radius 1 is 1.75 bits per heavy atom. The number of hydrogen-bond acceptors (Lipinski definition) is 3. The van der Waals surface area contributed by atoms with Crippen LogP contribution in [0.15, 0.2) is 0 Å². The van der Waals surface area contributed by atoms with Crippen molar-refractivity contribution in [3.05, 3.63) is 0 Å². The summed E-state index contributed by atoms with van der Waals surface area (Å²) in [5, 5.41) is 8.77. The van der Waals surface area contributed by atoms with Gasteiger partial charge in [-0.15, -0.1) is 0 Å². The van der Waals surface area contributed by atoms with Crippen molar-refractivity contribution >= 4 is 6.03 Å². The number of amides is 2. The lowest BCUT2D eigenvalue weighted by atomic mass is 11.0. The molecule has 0 spiro atoms. The number of carbonyl (C=O) groups excluding carboxylic acids is 1. The van der Waals surface area contributed by atoms with Crippen LogP contribution in [0.4, 0.5) is 4.79 Å². The zero-order valence-corrected chi connectivity index (χ0v) is 4.80. The number of hydrogen-bond donors (Lipinski definition) is 3. The van der Waals surface area contributed by atoms with E-state index in [1.807, 2.05) is 0 Å². The van der Waals surface area contributed by atoms with Gasteiger partial charge in [0.2, 0.25) is 0 Å². The van der Waals surface area contributed by atoms with Crippen molar-refractivity contribution in [3.8, 4) is 0 Å². The van der Waals surface area contributed by atoms with Crippen molar-refractivity contribution in [1.29, 1.82) is 0 Å². The van der Waals surface area contributed by atoms with Gasteiger partial charge in [0, 0.05) is 14.1 Å². The summed E-state index contributed by atoms with van der Waals surface area (Å²) in [6.07, 6.45) is 0. The smallest absolute Gasteiger partial charge is 0.285 e. The molecule has 0 fully saturated rings. The van der Waals surface area contributed by atoms with Crippen molar-refractivity contribution in [1.82, 2.24) is 15.9 Å². The Bertz CT molecular complexity index is 82.6. The Hall–Kier alpha value is -0.810. The summed E-state index contributed by atoms with van der Waals surface area (Å²) >= 11 is 0. The summed E-state index contributed by atoms with van der Waals surface area (Å²) in [6.45, 7) is 0. The van der Waals surface area contributed by atoms with Gasteiger partial charge in [-0.05, 0) is 0 Å². The summed E-state index contributed by atoms with van der Waals surface area (Å²) in [6, 6.07) is -0.590. The highest BCUT2D eigenvalue weighted by atomic mass is 16.5. The van der Waals surface area contributed by atoms with Gasteiger partial charge in [-0.2, -0.15) is 0 Å². The maximum absolute atomic E-state index is 10.2. The van der Waals surface area contributed by atoms with E-state index in [2.05, 4.69) is 10.9 Å². The first-order valence-electron chi connectivity index (χ1n) is 2.07. The molecule has 0 bridgehead atoms. The second-order valence-electron chi connectivity index (χ2n) is 1.20. The summed E-state index contributed by atoms with van der Waals surface area (Å²) in [5.41, 5.74) is 4.48. The van der Waals surface area contributed by atoms with Crippen LogP contribution < -0.4 is 10.9 Å². The zero-order valence-electron chi connectivity index (χ0n) is 4.80. The summed E-state index contributed by atoms with van der Waals surface area (Å²) in [5.74, 6) is 0. The van der Waals surface area contributed by atoms with Crippen LogP contribution >= 0.6 is 0 Å². The predicted octanol–water partition coefficient (Wildman–Crippen LogP) is -0.849. The van der Waals surface area contributed by atoms with Gasteiger partial charge in [0.05, 0.1) is 0 Å². The Labute approximate surface area is 47.2 Å². The van der Waals surface area contributed by atoms with Gasteiger partial charge in [0.15, 0.2) is 0 Å². The lowest BCUT2D eigenvalue weighted by Gasteiger charge is -2.07. The largest absolute Gasteiger partial charge is 0.355 e. The van der Waals surface area contributed by atoms with Gasteiger partial charge >= 0.3 is 6.03 Å². The SMILES string of the molecule is CNNC(=O)N(C)O. The summed E-state index contributed by atoms with van der Waals surface area (Å²) < 4.78 is 0. The number of urea groups is 1. The van der Waals surface area contributed by atoms with E-state index in [-0.39, 0.29) is 0 Å². The molecule has 48 valence electrons. The Balaban J connectivity index is 3.33. The minimum atomic E-state index is -0.590. The number of nitrogens with zero attached hydrogens (tertiary/aromatic N) is 1. The molecule has 0 saturated heterocycles. The molecule has 0 aliphatic rings. The van der Waals surface area contributed by atoms with Crippen LogP contribution in [0.3, 0.4) is 0 Å². The highest BCUT2D eigenvalue weighted by molar-refractivity contribution is 5.71. The average Bonchev–Trinajstić information content (AvgIpc) is 1.67. The van der Waals surface area contributed by atoms with Gasteiger partial charge in [0.25, 0.3) is 0 Å². The predicted molar refractivity (Wildman–Crippen MR) is 27.1 cm³/mol. The third kappa shape index (κ3) is 2.38. The van der Waals surface area contributed by atoms with E-state index in [0.717, 1.165) is 0 Å². The van der Waals surface area contributed by atoms with Crippen LogP contribution in [0.2, 0.25) is 0 Å². The van der Waals surface area contributed by atoms with Gasteiger partial charge in [-0.3, -0.25) is 10.6 Å². The second kappa shape index (κ2) is 3.23. The molecule has 0 unspecified atom stereocenters. The lowest BCUT2D eigenvalue weighted by molar-refractivity contribution is -0.0194. The molecule has 0 aromatic carbocycles. The first-order chi connectivity index (χ1) is 3.68. The molecule has 0 aromatic rings. The fourth-order valence-corrected chi connectivity index (χ4v) is 0.188. The molecule has 5 heteroatoms. The van der Waals surface area contributed by atoms with E-state index in [1.54, 1.807) is 0 Å². The van der Waals surface area contributed by atoms with Gasteiger partial charge < -0.3 is 0 Å². The van der Waals surface area contributed by atoms with Gasteiger partial charge in [-0.1, -0.05) is 0 Å². The zero-order chi connectivity index (χ0) is 6.57. The molecule has 3 N–H and O–H groups in total. The van der Waals surface area contributed by atoms with Crippen molar-refractivity contribution in [2.75, 3.05) is 14.1 Å². The Kier molecular flexibility index (Phi) is 2.90. The first kappa shape index (κ1) is 7.19. The van der Waals surface area contributed by atoms with Crippen molar-refractivity contribution in [3.63, 3.8) is 0 Å². The quantitative estimate of drug-likeness (QED) is 0.311. The van der Waals surface area contributed by atoms with Crippen molar-refractivity contribution < 1.29 is 10.0 Å². The lowest BCUT2D eigenvalue weighted by Crippen LogP contribution is -2.41. The first-order valence-corrected chi connectivity index (χ1v) is 2.07. The molecule has 0 atom stereocenters. The molecular formula is C3H9N3O2. The molecule has 5 nitrogen and oxygen atoms in total. The number of rotatable bonds is 1. The third-order valence-corrected chi connectivity index (χ3v) is 0.526. The minimum Gasteiger partial charge on any atom is -0.285 e. The molecule has 0 aromatic heterocycles. The average molecular weight is 119 g/mol. The summed E-state index contributed by atoms with van der Waals surface area (Å²) in [7, 11) is 2.76. The fourth-order valence-electron chi connectivity index (χ4n) is 0.188. The highest BCUT2D eigenvalue weighted by Crippen LogP contribution is 1.70. The minimum absolute atomic E-state index is 0.441. The molecular weight excluding hydrogens is 110 g/mol. The molecule has 8 heavy (non-hydrogen) atoms. The van der Waals surface area contributed by atoms with Crippen LogP contribution in [-0.4, -0.2) is 30.4 Å². The maximum atomic E-state index is 10.2. The molecule has 0 saturated carbocycles. The molecule has 0 aliphatic heterocycles. The van der Waals surface area contributed by atoms with E-state index in [4.69, 9.17) is 5.21 Å². The fraction of sp³-hybridized carbons (Fsp3) is 0.667. The third-order valence-electron chi connectivity index (χ3n) is 0.526. The van der Waals surface area contributed by atoms with Crippen LogP contribution in [0.1, 0.15) is 0 Å². The second-order valence-corrected chi connectivity index (χ2v) is 1.20. The molecule has 0 radical (unpaired) electrons. The number of nitrogens with one attached hydrogen (secondary N) is 2. The Morgan fingerprint density at radius 3 is 2.38 bits per heavy atom. The Morgan fingerprint density at radius 2 is 2.25 bits per heavy atom. The van der Waals surface area contributed by atoms with Crippen LogP contribution in [-0.2, 0) is 0 Å². The maximum Gasteiger partial charge on any atom is 0.355 e. The van der Waals surface area contributed by atoms with Gasteiger partial charge in [-0.25, -0.2) is 15.3 Å². The van der Waals surface area contributed by atoms with Crippen molar-refractivity contribution in [2.24, 2.45) is 0 Å². The monoisotopic (exact) mass is 119 g/mol. The van der Waals surface area contributed by atoms with E-state index in [9.17, 15) is 4.79 Å². The molecule has 0 rings (SSSR count). The van der Waals surface area contributed by atoms with Crippen molar-refractivity contribution in [2.45, 2.75) is 0 Å². The highest BCUT2D eigenvalue weighted by Gasteiger charge is 1.99. The molecule has 2 amide bonds. The number of hydrazine groups is 1. The molecule has 0 heterocycles. The van der Waals surface area contributed by atoms with E-state index < -0.39 is 6.03 Å². The van der Waals surface area contributed by atoms with Crippen LogP contribution in [0, 0.1) is 0 Å². The summed E-state index contributed by atoms with van der Waals surface area (Å²) in [4.78, 5) is 10.2. The van der Waals surface area contributed by atoms with Crippen LogP contribution in [0.25, 0.3) is 0 Å². The number of carbonyl (C=O) groups is 1.